The van der Waals surface area contributed by atoms with Crippen LogP contribution in [0.3, 0.4) is 0 Å². The van der Waals surface area contributed by atoms with Crippen LogP contribution in [-0.4, -0.2) is 46.7 Å². The van der Waals surface area contributed by atoms with Crippen LogP contribution in [0.15, 0.2) is 30.3 Å². The van der Waals surface area contributed by atoms with Gasteiger partial charge in [-0.2, -0.15) is 0 Å². The Kier molecular flexibility index (Phi) is 5.35. The maximum absolute atomic E-state index is 12.6. The van der Waals surface area contributed by atoms with E-state index >= 15 is 0 Å². The average Bonchev–Trinajstić information content (AvgIpc) is 3.03. The van der Waals surface area contributed by atoms with Crippen molar-refractivity contribution in [2.75, 3.05) is 13.1 Å². The van der Waals surface area contributed by atoms with Crippen LogP contribution < -0.4 is 0 Å². The van der Waals surface area contributed by atoms with Crippen LogP contribution in [-0.2, 0) is 16.1 Å². The van der Waals surface area contributed by atoms with Crippen LogP contribution in [0, 0.1) is 0 Å². The van der Waals surface area contributed by atoms with E-state index in [0.29, 0.717) is 6.54 Å². The first-order valence-electron chi connectivity index (χ1n) is 8.23. The number of nitrogens with zero attached hydrogens (tertiary/aromatic N) is 2. The topological polar surface area (TPSA) is 40.6 Å². The first-order valence-corrected chi connectivity index (χ1v) is 8.23. The summed E-state index contributed by atoms with van der Waals surface area (Å²) in [5.41, 5.74) is 0.762. The summed E-state index contributed by atoms with van der Waals surface area (Å²) in [6, 6.07) is 9.88. The van der Waals surface area contributed by atoms with Gasteiger partial charge in [-0.25, -0.2) is 0 Å². The van der Waals surface area contributed by atoms with E-state index in [4.69, 9.17) is 0 Å². The Labute approximate surface area is 133 Å². The Morgan fingerprint density at radius 3 is 2.55 bits per heavy atom. The van der Waals surface area contributed by atoms with E-state index < -0.39 is 5.54 Å². The summed E-state index contributed by atoms with van der Waals surface area (Å²) in [5, 5.41) is 0. The number of likely N-dealkylation sites (tertiary alicyclic amines) is 2. The van der Waals surface area contributed by atoms with Gasteiger partial charge in [0.1, 0.15) is 11.8 Å². The van der Waals surface area contributed by atoms with Gasteiger partial charge in [-0.3, -0.25) is 9.69 Å². The van der Waals surface area contributed by atoms with Crippen molar-refractivity contribution < 1.29 is 9.59 Å². The molecule has 0 N–H and O–H groups in total. The molecule has 0 aromatic heterocycles. The van der Waals surface area contributed by atoms with Crippen molar-refractivity contribution in [2.24, 2.45) is 0 Å². The Bertz CT molecular complexity index is 517. The quantitative estimate of drug-likeness (QED) is 0.634. The summed E-state index contributed by atoms with van der Waals surface area (Å²) in [5.74, 6) is 0.188. The second kappa shape index (κ2) is 7.05. The van der Waals surface area contributed by atoms with Crippen molar-refractivity contribution in [1.82, 2.24) is 9.80 Å². The first kappa shape index (κ1) is 16.7. The number of benzene rings is 1. The van der Waals surface area contributed by atoms with E-state index in [1.54, 1.807) is 0 Å². The van der Waals surface area contributed by atoms with Gasteiger partial charge in [0, 0.05) is 19.6 Å². The molecule has 1 amide bonds. The number of amides is 1. The zero-order valence-corrected chi connectivity index (χ0v) is 13.8. The van der Waals surface area contributed by atoms with Crippen LogP contribution in [0.1, 0.15) is 39.2 Å². The van der Waals surface area contributed by atoms with Gasteiger partial charge in [0.2, 0.25) is 5.91 Å². The largest absolute Gasteiger partial charge is 0.334 e. The molecule has 4 heteroatoms. The van der Waals surface area contributed by atoms with Crippen molar-refractivity contribution in [2.45, 2.75) is 51.7 Å². The minimum absolute atomic E-state index is 0.166. The molecule has 3 rings (SSSR count). The molecule has 0 saturated carbocycles. The number of carbonyl (C=O) groups is 2. The van der Waals surface area contributed by atoms with Crippen LogP contribution in [0.4, 0.5) is 0 Å². The Morgan fingerprint density at radius 1 is 1.27 bits per heavy atom. The Morgan fingerprint density at radius 2 is 1.95 bits per heavy atom. The highest BCUT2D eigenvalue weighted by molar-refractivity contribution is 5.93. The van der Waals surface area contributed by atoms with Crippen molar-refractivity contribution in [3.63, 3.8) is 0 Å². The molecule has 2 unspecified atom stereocenters. The lowest BCUT2D eigenvalue weighted by Crippen LogP contribution is -2.72. The number of aldehydes is 1. The van der Waals surface area contributed by atoms with Crippen molar-refractivity contribution in [3.8, 4) is 0 Å². The van der Waals surface area contributed by atoms with Gasteiger partial charge in [0.15, 0.2) is 0 Å². The minimum Gasteiger partial charge on any atom is -0.334 e. The first-order chi connectivity index (χ1) is 10.7. The van der Waals surface area contributed by atoms with E-state index in [9.17, 15) is 9.59 Å². The fraction of sp³-hybridized carbons (Fsp3) is 0.556. The summed E-state index contributed by atoms with van der Waals surface area (Å²) >= 11 is 0. The molecule has 120 valence electrons. The fourth-order valence-electron chi connectivity index (χ4n) is 3.56. The molecule has 2 heterocycles. The van der Waals surface area contributed by atoms with Crippen molar-refractivity contribution >= 4 is 12.2 Å². The highest BCUT2D eigenvalue weighted by Gasteiger charge is 2.58. The molecule has 2 aliphatic heterocycles. The minimum atomic E-state index is -0.394. The third-order valence-corrected chi connectivity index (χ3v) is 4.58. The van der Waals surface area contributed by atoms with Crippen molar-refractivity contribution in [1.29, 1.82) is 0 Å². The lowest BCUT2D eigenvalue weighted by Gasteiger charge is -2.52. The lowest BCUT2D eigenvalue weighted by atomic mass is 9.84. The highest BCUT2D eigenvalue weighted by atomic mass is 16.2. The lowest BCUT2D eigenvalue weighted by molar-refractivity contribution is -0.164. The molecule has 0 aliphatic carbocycles. The predicted molar refractivity (Wildman–Crippen MR) is 87.4 cm³/mol. The highest BCUT2D eigenvalue weighted by Crippen LogP contribution is 2.40. The normalized spacial score (nSPS) is 25.4. The van der Waals surface area contributed by atoms with Crippen LogP contribution >= 0.6 is 0 Å². The molecule has 0 radical (unpaired) electrons. The van der Waals surface area contributed by atoms with Gasteiger partial charge < -0.3 is 9.69 Å². The Balaban J connectivity index is 0.000000847. The molecule has 4 nitrogen and oxygen atoms in total. The van der Waals surface area contributed by atoms with Gasteiger partial charge in [0.05, 0.1) is 6.04 Å². The summed E-state index contributed by atoms with van der Waals surface area (Å²) < 4.78 is 0. The molecule has 2 saturated heterocycles. The maximum atomic E-state index is 12.6. The number of carbonyl (C=O) groups excluding carboxylic acids is 2. The van der Waals surface area contributed by atoms with Gasteiger partial charge in [-0.05, 0) is 25.3 Å². The smallest absolute Gasteiger partial charge is 0.245 e. The summed E-state index contributed by atoms with van der Waals surface area (Å²) in [6.07, 6.45) is 2.83. The SMILES string of the molecule is CC.CC(C=O)N1CCCC12CN(Cc1ccccc1)C2=O. The van der Waals surface area contributed by atoms with E-state index in [0.717, 1.165) is 37.8 Å². The van der Waals surface area contributed by atoms with Crippen LogP contribution in [0.25, 0.3) is 0 Å². The zero-order valence-electron chi connectivity index (χ0n) is 13.8. The van der Waals surface area contributed by atoms with E-state index in [1.165, 1.54) is 0 Å². The molecular formula is C18H26N2O2. The molecular weight excluding hydrogens is 276 g/mol. The number of hydrogen-bond donors (Lipinski definition) is 0. The van der Waals surface area contributed by atoms with E-state index in [1.807, 2.05) is 56.0 Å². The zero-order chi connectivity index (χ0) is 16.2. The molecule has 1 aromatic rings. The summed E-state index contributed by atoms with van der Waals surface area (Å²) in [7, 11) is 0. The number of β-lactam (4-membered cyclic amide) rings is 1. The standard InChI is InChI=1S/C16H20N2O2.C2H6/c1-13(11-19)18-9-5-8-16(18)12-17(15(16)20)10-14-6-3-2-4-7-14;1-2/h2-4,6-7,11,13H,5,8-10,12H2,1H3;1-2H3. The molecule has 22 heavy (non-hydrogen) atoms. The van der Waals surface area contributed by atoms with Gasteiger partial charge in [0.25, 0.3) is 0 Å². The molecule has 1 spiro atoms. The molecule has 2 atom stereocenters. The number of rotatable bonds is 4. The van der Waals surface area contributed by atoms with E-state index in [-0.39, 0.29) is 11.9 Å². The molecule has 2 fully saturated rings. The van der Waals surface area contributed by atoms with Crippen molar-refractivity contribution in [3.05, 3.63) is 35.9 Å². The monoisotopic (exact) mass is 302 g/mol. The van der Waals surface area contributed by atoms with Gasteiger partial charge in [-0.1, -0.05) is 44.2 Å². The van der Waals surface area contributed by atoms with Crippen LogP contribution in [0.5, 0.6) is 0 Å². The van der Waals surface area contributed by atoms with Gasteiger partial charge in [-0.15, -0.1) is 0 Å². The second-order valence-electron chi connectivity index (χ2n) is 5.85. The van der Waals surface area contributed by atoms with E-state index in [2.05, 4.69) is 4.90 Å². The maximum Gasteiger partial charge on any atom is 0.245 e. The summed E-state index contributed by atoms with van der Waals surface area (Å²) in [6.45, 7) is 8.15. The number of hydrogen-bond acceptors (Lipinski definition) is 3. The Hall–Kier alpha value is -1.68. The molecule has 0 bridgehead atoms. The third kappa shape index (κ3) is 2.80. The summed E-state index contributed by atoms with van der Waals surface area (Å²) in [4.78, 5) is 27.6. The average molecular weight is 302 g/mol. The van der Waals surface area contributed by atoms with Crippen LogP contribution in [0.2, 0.25) is 0 Å². The predicted octanol–water partition coefficient (Wildman–Crippen LogP) is 2.48. The molecule has 2 aliphatic rings. The van der Waals surface area contributed by atoms with Gasteiger partial charge >= 0.3 is 0 Å². The fourth-order valence-corrected chi connectivity index (χ4v) is 3.56. The second-order valence-corrected chi connectivity index (χ2v) is 5.85. The molecule has 1 aromatic carbocycles. The third-order valence-electron chi connectivity index (χ3n) is 4.58.